The molecular weight excluding hydrogens is 430 g/mol. The summed E-state index contributed by atoms with van der Waals surface area (Å²) in [7, 11) is 1.04. The zero-order chi connectivity index (χ0) is 22.7. The van der Waals surface area contributed by atoms with Gasteiger partial charge in [0, 0.05) is 43.9 Å². The molecule has 32 heavy (non-hydrogen) atoms. The molecule has 9 heteroatoms. The van der Waals surface area contributed by atoms with Gasteiger partial charge in [0.15, 0.2) is 0 Å². The van der Waals surface area contributed by atoms with Crippen molar-refractivity contribution >= 4 is 10.0 Å². The van der Waals surface area contributed by atoms with E-state index >= 15 is 0 Å². The molecular formula is C23H27N3O5S. The van der Waals surface area contributed by atoms with Gasteiger partial charge in [-0.1, -0.05) is 30.3 Å². The van der Waals surface area contributed by atoms with Gasteiger partial charge >= 0.3 is 0 Å². The number of ether oxygens (including phenoxy) is 3. The van der Waals surface area contributed by atoms with Crippen LogP contribution in [0.15, 0.2) is 53.4 Å². The van der Waals surface area contributed by atoms with E-state index in [-0.39, 0.29) is 17.2 Å². The van der Waals surface area contributed by atoms with Gasteiger partial charge in [-0.05, 0) is 17.7 Å². The molecule has 0 spiro atoms. The van der Waals surface area contributed by atoms with Crippen LogP contribution in [0.3, 0.4) is 0 Å². The second-order valence-corrected chi connectivity index (χ2v) is 9.49. The van der Waals surface area contributed by atoms with Crippen LogP contribution in [0.25, 0.3) is 0 Å². The molecule has 0 saturated heterocycles. The van der Waals surface area contributed by atoms with E-state index in [1.165, 1.54) is 24.6 Å². The van der Waals surface area contributed by atoms with Crippen molar-refractivity contribution in [3.8, 4) is 11.5 Å². The lowest BCUT2D eigenvalue weighted by Crippen LogP contribution is -2.36. The summed E-state index contributed by atoms with van der Waals surface area (Å²) in [5.74, 6) is 0.743. The molecule has 2 aromatic carbocycles. The van der Waals surface area contributed by atoms with E-state index in [1.54, 1.807) is 12.1 Å². The van der Waals surface area contributed by atoms with Crippen LogP contribution in [0.2, 0.25) is 0 Å². The van der Waals surface area contributed by atoms with Gasteiger partial charge in [-0.15, -0.1) is 0 Å². The Morgan fingerprint density at radius 3 is 2.53 bits per heavy atom. The van der Waals surface area contributed by atoms with E-state index in [0.717, 1.165) is 22.5 Å². The molecule has 0 fully saturated rings. The van der Waals surface area contributed by atoms with Crippen LogP contribution >= 0.6 is 0 Å². The first-order valence-electron chi connectivity index (χ1n) is 10.3. The molecule has 0 atom stereocenters. The number of sulfonamides is 1. The first kappa shape index (κ1) is 22.3. The zero-order valence-corrected chi connectivity index (χ0v) is 19.3. The van der Waals surface area contributed by atoms with Crippen molar-refractivity contribution in [1.29, 1.82) is 0 Å². The Morgan fingerprint density at radius 1 is 1.03 bits per heavy atom. The lowest BCUT2D eigenvalue weighted by atomic mass is 10.1. The Hall–Kier alpha value is -2.88. The predicted molar refractivity (Wildman–Crippen MR) is 119 cm³/mol. The van der Waals surface area contributed by atoms with Crippen molar-refractivity contribution < 1.29 is 22.6 Å². The van der Waals surface area contributed by atoms with Crippen molar-refractivity contribution in [2.75, 3.05) is 20.8 Å². The second kappa shape index (κ2) is 9.32. The number of fused-ring (bicyclic) bond motifs is 1. The standard InChI is InChI=1S/C23H27N3O5S/c1-25-21-11-12-26(32(27,28)23-13-18(29-2)9-10-22(23)30-3)14-19(21)20(24-25)16-31-15-17-7-5-4-6-8-17/h4-10,13H,11-12,14-16H2,1-3H3. The topological polar surface area (TPSA) is 82.9 Å². The molecule has 3 aromatic rings. The van der Waals surface area contributed by atoms with E-state index in [0.29, 0.717) is 31.9 Å². The Balaban J connectivity index is 1.56. The molecule has 8 nitrogen and oxygen atoms in total. The van der Waals surface area contributed by atoms with Crippen LogP contribution in [0, 0.1) is 0 Å². The van der Waals surface area contributed by atoms with E-state index in [4.69, 9.17) is 14.2 Å². The van der Waals surface area contributed by atoms with E-state index in [9.17, 15) is 8.42 Å². The summed E-state index contributed by atoms with van der Waals surface area (Å²) in [6, 6.07) is 14.7. The normalized spacial score (nSPS) is 14.2. The minimum absolute atomic E-state index is 0.0913. The van der Waals surface area contributed by atoms with Crippen LogP contribution in [-0.2, 0) is 48.0 Å². The molecule has 0 radical (unpaired) electrons. The third-order valence-corrected chi connectivity index (χ3v) is 7.50. The molecule has 170 valence electrons. The van der Waals surface area contributed by atoms with Crippen molar-refractivity contribution in [2.45, 2.75) is 31.1 Å². The number of methoxy groups -OCH3 is 2. The highest BCUT2D eigenvalue weighted by Gasteiger charge is 2.34. The summed E-state index contributed by atoms with van der Waals surface area (Å²) in [5.41, 5.74) is 3.77. The van der Waals surface area contributed by atoms with Gasteiger partial charge in [0.05, 0.1) is 33.1 Å². The minimum atomic E-state index is -3.80. The molecule has 0 saturated carbocycles. The number of nitrogens with zero attached hydrogens (tertiary/aromatic N) is 3. The monoisotopic (exact) mass is 457 g/mol. The van der Waals surface area contributed by atoms with Gasteiger partial charge in [0.1, 0.15) is 16.4 Å². The quantitative estimate of drug-likeness (QED) is 0.517. The molecule has 0 aliphatic carbocycles. The minimum Gasteiger partial charge on any atom is -0.497 e. The fraction of sp³-hybridized carbons (Fsp3) is 0.348. The Kier molecular flexibility index (Phi) is 6.50. The highest BCUT2D eigenvalue weighted by molar-refractivity contribution is 7.89. The molecule has 0 amide bonds. The summed E-state index contributed by atoms with van der Waals surface area (Å²) < 4.78 is 46.7. The van der Waals surface area contributed by atoms with Crippen molar-refractivity contribution in [3.05, 3.63) is 71.0 Å². The van der Waals surface area contributed by atoms with Crippen molar-refractivity contribution in [3.63, 3.8) is 0 Å². The second-order valence-electron chi connectivity index (χ2n) is 7.58. The number of aryl methyl sites for hydroxylation is 1. The van der Waals surface area contributed by atoms with E-state index < -0.39 is 10.0 Å². The lowest BCUT2D eigenvalue weighted by Gasteiger charge is -2.27. The molecule has 0 bridgehead atoms. The summed E-state index contributed by atoms with van der Waals surface area (Å²) >= 11 is 0. The molecule has 0 N–H and O–H groups in total. The fourth-order valence-corrected chi connectivity index (χ4v) is 5.51. The smallest absolute Gasteiger partial charge is 0.247 e. The number of hydrogen-bond acceptors (Lipinski definition) is 6. The maximum atomic E-state index is 13.5. The largest absolute Gasteiger partial charge is 0.497 e. The van der Waals surface area contributed by atoms with Crippen LogP contribution < -0.4 is 9.47 Å². The van der Waals surface area contributed by atoms with Gasteiger partial charge < -0.3 is 14.2 Å². The SMILES string of the molecule is COc1ccc(OC)c(S(=O)(=O)N2CCc3c(c(COCc4ccccc4)nn3C)C2)c1. The summed E-state index contributed by atoms with van der Waals surface area (Å²) in [6.07, 6.45) is 0.572. The molecule has 1 aliphatic heterocycles. The Labute approximate surface area is 188 Å². The zero-order valence-electron chi connectivity index (χ0n) is 18.4. The first-order chi connectivity index (χ1) is 15.4. The van der Waals surface area contributed by atoms with Gasteiger partial charge in [-0.25, -0.2) is 8.42 Å². The van der Waals surface area contributed by atoms with E-state index in [2.05, 4.69) is 5.10 Å². The molecule has 1 aromatic heterocycles. The van der Waals surface area contributed by atoms with Crippen LogP contribution in [-0.4, -0.2) is 43.3 Å². The van der Waals surface area contributed by atoms with Gasteiger partial charge in [-0.3, -0.25) is 4.68 Å². The molecule has 4 rings (SSSR count). The summed E-state index contributed by atoms with van der Waals surface area (Å²) in [6.45, 7) is 1.37. The van der Waals surface area contributed by atoms with Gasteiger partial charge in [-0.2, -0.15) is 9.40 Å². The van der Waals surface area contributed by atoms with Gasteiger partial charge in [0.2, 0.25) is 10.0 Å². The fourth-order valence-electron chi connectivity index (χ4n) is 3.93. The van der Waals surface area contributed by atoms with E-state index in [1.807, 2.05) is 42.1 Å². The predicted octanol–water partition coefficient (Wildman–Crippen LogP) is 2.90. The average Bonchev–Trinajstić information content (AvgIpc) is 3.14. The first-order valence-corrected chi connectivity index (χ1v) is 11.8. The highest BCUT2D eigenvalue weighted by atomic mass is 32.2. The highest BCUT2D eigenvalue weighted by Crippen LogP contribution is 2.33. The Bertz CT molecular complexity index is 1190. The number of aromatic nitrogens is 2. The Morgan fingerprint density at radius 2 is 1.81 bits per heavy atom. The number of rotatable bonds is 8. The number of benzene rings is 2. The molecule has 0 unspecified atom stereocenters. The third kappa shape index (κ3) is 4.36. The maximum Gasteiger partial charge on any atom is 0.247 e. The van der Waals surface area contributed by atoms with Crippen molar-refractivity contribution in [1.82, 2.24) is 14.1 Å². The molecule has 2 heterocycles. The van der Waals surface area contributed by atoms with Gasteiger partial charge in [0.25, 0.3) is 0 Å². The van der Waals surface area contributed by atoms with Crippen molar-refractivity contribution in [2.24, 2.45) is 7.05 Å². The van der Waals surface area contributed by atoms with Crippen LogP contribution in [0.5, 0.6) is 11.5 Å². The summed E-state index contributed by atoms with van der Waals surface area (Å²) in [5, 5.41) is 4.60. The lowest BCUT2D eigenvalue weighted by molar-refractivity contribution is 0.103. The third-order valence-electron chi connectivity index (χ3n) is 5.63. The summed E-state index contributed by atoms with van der Waals surface area (Å²) in [4.78, 5) is 0.0913. The van der Waals surface area contributed by atoms with Crippen LogP contribution in [0.1, 0.15) is 22.5 Å². The van der Waals surface area contributed by atoms with Crippen LogP contribution in [0.4, 0.5) is 0 Å². The number of hydrogen-bond donors (Lipinski definition) is 0. The average molecular weight is 458 g/mol. The maximum absolute atomic E-state index is 13.5. The molecule has 1 aliphatic rings.